The van der Waals surface area contributed by atoms with Crippen LogP contribution in [-0.4, -0.2) is 5.78 Å². The molecule has 0 bridgehead atoms. The molecule has 8 aromatic carbocycles. The van der Waals surface area contributed by atoms with E-state index in [-0.39, 0.29) is 16.6 Å². The average molecular weight is 766 g/mol. The first kappa shape index (κ1) is 39.1. The number of carbonyl (C=O) groups excluding carboxylic acids is 1. The molecule has 0 spiro atoms. The van der Waals surface area contributed by atoms with Crippen molar-refractivity contribution in [3.8, 4) is 44.5 Å². The lowest BCUT2D eigenvalue weighted by atomic mass is 9.79. The van der Waals surface area contributed by atoms with Crippen LogP contribution in [0.4, 0.5) is 17.1 Å². The van der Waals surface area contributed by atoms with Crippen molar-refractivity contribution < 1.29 is 4.79 Å². The molecule has 0 N–H and O–H groups in total. The highest BCUT2D eigenvalue weighted by Crippen LogP contribution is 2.48. The smallest absolute Gasteiger partial charge is 0.193 e. The fourth-order valence-corrected chi connectivity index (χ4v) is 7.80. The second kappa shape index (κ2) is 16.2. The van der Waals surface area contributed by atoms with Crippen LogP contribution in [0.25, 0.3) is 44.5 Å². The molecule has 2 nitrogen and oxygen atoms in total. The van der Waals surface area contributed by atoms with E-state index in [0.717, 1.165) is 56.0 Å². The summed E-state index contributed by atoms with van der Waals surface area (Å²) in [5.74, 6) is -0.0216. The summed E-state index contributed by atoms with van der Waals surface area (Å²) in [5.41, 5.74) is 15.4. The molecular formula is C57H51NO. The number of hydrogen-bond donors (Lipinski definition) is 0. The van der Waals surface area contributed by atoms with E-state index in [9.17, 15) is 4.79 Å². The lowest BCUT2D eigenvalue weighted by Gasteiger charge is -2.31. The molecule has 290 valence electrons. The highest BCUT2D eigenvalue weighted by Gasteiger charge is 2.26. The van der Waals surface area contributed by atoms with Gasteiger partial charge in [0.1, 0.15) is 0 Å². The van der Waals surface area contributed by atoms with E-state index in [2.05, 4.69) is 204 Å². The molecule has 59 heavy (non-hydrogen) atoms. The van der Waals surface area contributed by atoms with Gasteiger partial charge in [-0.1, -0.05) is 211 Å². The van der Waals surface area contributed by atoms with Crippen LogP contribution in [0, 0.1) is 0 Å². The van der Waals surface area contributed by atoms with Crippen molar-refractivity contribution in [1.82, 2.24) is 0 Å². The van der Waals surface area contributed by atoms with E-state index in [1.165, 1.54) is 16.7 Å². The molecule has 0 heterocycles. The van der Waals surface area contributed by atoms with Gasteiger partial charge >= 0.3 is 0 Å². The van der Waals surface area contributed by atoms with Crippen molar-refractivity contribution in [2.45, 2.75) is 52.4 Å². The summed E-state index contributed by atoms with van der Waals surface area (Å²) in [5, 5.41) is 0. The van der Waals surface area contributed by atoms with Crippen molar-refractivity contribution in [2.24, 2.45) is 0 Å². The van der Waals surface area contributed by atoms with E-state index < -0.39 is 0 Å². The maximum atomic E-state index is 14.5. The first-order chi connectivity index (χ1) is 28.4. The highest BCUT2D eigenvalue weighted by atomic mass is 16.1. The van der Waals surface area contributed by atoms with E-state index in [4.69, 9.17) is 0 Å². The van der Waals surface area contributed by atoms with Crippen LogP contribution in [0.1, 0.15) is 68.6 Å². The number of anilines is 3. The summed E-state index contributed by atoms with van der Waals surface area (Å²) in [6, 6.07) is 70.1. The van der Waals surface area contributed by atoms with Gasteiger partial charge in [-0.15, -0.1) is 0 Å². The third-order valence-corrected chi connectivity index (χ3v) is 11.1. The zero-order chi connectivity index (χ0) is 41.1. The Bertz CT molecular complexity index is 2630. The van der Waals surface area contributed by atoms with Crippen molar-refractivity contribution in [3.63, 3.8) is 0 Å². The van der Waals surface area contributed by atoms with Gasteiger partial charge in [0.05, 0.1) is 5.69 Å². The molecule has 0 unspecified atom stereocenters. The number of nitrogens with zero attached hydrogens (tertiary/aromatic N) is 1. The van der Waals surface area contributed by atoms with E-state index in [0.29, 0.717) is 11.1 Å². The van der Waals surface area contributed by atoms with Gasteiger partial charge < -0.3 is 4.90 Å². The van der Waals surface area contributed by atoms with Gasteiger partial charge in [0.2, 0.25) is 0 Å². The molecule has 0 saturated carbocycles. The lowest BCUT2D eigenvalue weighted by Crippen LogP contribution is -2.16. The van der Waals surface area contributed by atoms with Crippen LogP contribution in [0.3, 0.4) is 0 Å². The van der Waals surface area contributed by atoms with Crippen molar-refractivity contribution >= 4 is 22.8 Å². The van der Waals surface area contributed by atoms with Crippen molar-refractivity contribution in [1.29, 1.82) is 0 Å². The minimum atomic E-state index is -0.0293. The predicted octanol–water partition coefficient (Wildman–Crippen LogP) is 15.7. The molecule has 0 aromatic heterocycles. The van der Waals surface area contributed by atoms with Crippen LogP contribution >= 0.6 is 0 Å². The molecule has 0 saturated heterocycles. The molecule has 2 heteroatoms. The summed E-state index contributed by atoms with van der Waals surface area (Å²) in [6.07, 6.45) is 0. The molecule has 0 amide bonds. The summed E-state index contributed by atoms with van der Waals surface area (Å²) < 4.78 is 0. The molecule has 8 rings (SSSR count). The fourth-order valence-electron chi connectivity index (χ4n) is 7.80. The second-order valence-electron chi connectivity index (χ2n) is 17.4. The average Bonchev–Trinajstić information content (AvgIpc) is 3.27. The Morgan fingerprint density at radius 1 is 0.356 bits per heavy atom. The number of hydrogen-bond acceptors (Lipinski definition) is 2. The lowest BCUT2D eigenvalue weighted by molar-refractivity contribution is 0.103. The molecule has 0 radical (unpaired) electrons. The number of ketones is 1. The third kappa shape index (κ3) is 8.45. The number of rotatable bonds is 9. The van der Waals surface area contributed by atoms with E-state index in [1.54, 1.807) is 0 Å². The van der Waals surface area contributed by atoms with Gasteiger partial charge in [-0.05, 0) is 85.7 Å². The zero-order valence-corrected chi connectivity index (χ0v) is 34.9. The minimum Gasteiger partial charge on any atom is -0.309 e. The van der Waals surface area contributed by atoms with Gasteiger partial charge in [0, 0.05) is 33.6 Å². The van der Waals surface area contributed by atoms with Crippen LogP contribution in [-0.2, 0) is 10.8 Å². The third-order valence-electron chi connectivity index (χ3n) is 11.1. The quantitative estimate of drug-likeness (QED) is 0.136. The largest absolute Gasteiger partial charge is 0.309 e. The minimum absolute atomic E-state index is 0.0216. The molecule has 0 fully saturated rings. The number of benzene rings is 8. The van der Waals surface area contributed by atoms with Gasteiger partial charge in [-0.3, -0.25) is 4.79 Å². The van der Waals surface area contributed by atoms with Crippen LogP contribution in [0.2, 0.25) is 0 Å². The monoisotopic (exact) mass is 765 g/mol. The Labute approximate surface area is 350 Å². The van der Waals surface area contributed by atoms with E-state index in [1.807, 2.05) is 42.5 Å². The van der Waals surface area contributed by atoms with E-state index >= 15 is 0 Å². The topological polar surface area (TPSA) is 20.3 Å². The Balaban J connectivity index is 1.46. The Kier molecular flexibility index (Phi) is 10.8. The zero-order valence-electron chi connectivity index (χ0n) is 34.9. The van der Waals surface area contributed by atoms with Gasteiger partial charge in [-0.2, -0.15) is 0 Å². The SMILES string of the molecule is CC(C)(C)c1cc(-c2cccc(N(c3cc(C(=O)c4ccccc4)cc(-c4ccccc4)c3)c3c(-c4ccccc4)cccc3-c3ccccc3)c2)cc(C(C)(C)C)c1. The summed E-state index contributed by atoms with van der Waals surface area (Å²) in [6.45, 7) is 13.7. The highest BCUT2D eigenvalue weighted by molar-refractivity contribution is 6.11. The Morgan fingerprint density at radius 2 is 0.797 bits per heavy atom. The van der Waals surface area contributed by atoms with Crippen LogP contribution in [0.15, 0.2) is 200 Å². The van der Waals surface area contributed by atoms with Gasteiger partial charge in [0.25, 0.3) is 0 Å². The Morgan fingerprint density at radius 3 is 1.32 bits per heavy atom. The number of carbonyl (C=O) groups is 1. The molecule has 0 aliphatic heterocycles. The fraction of sp³-hybridized carbons (Fsp3) is 0.140. The predicted molar refractivity (Wildman–Crippen MR) is 250 cm³/mol. The molecular weight excluding hydrogens is 715 g/mol. The van der Waals surface area contributed by atoms with Crippen molar-refractivity contribution in [2.75, 3.05) is 4.90 Å². The first-order valence-electron chi connectivity index (χ1n) is 20.5. The maximum absolute atomic E-state index is 14.5. The molecule has 0 aliphatic rings. The maximum Gasteiger partial charge on any atom is 0.193 e. The standard InChI is InChI=1S/C57H51NO/c1-56(2,3)48-34-46(35-49(39-48)57(4,5)6)44-29-19-30-50(36-44)58(54-52(41-23-13-8-14-24-41)31-20-32-53(54)42-25-15-9-16-26-42)51-37-45(40-21-11-7-12-22-40)33-47(38-51)55(59)43-27-17-10-18-28-43/h7-39H,1-6H3. The van der Waals surface area contributed by atoms with Crippen LogP contribution in [0.5, 0.6) is 0 Å². The summed E-state index contributed by atoms with van der Waals surface area (Å²) in [7, 11) is 0. The second-order valence-corrected chi connectivity index (χ2v) is 17.4. The van der Waals surface area contributed by atoms with Crippen LogP contribution < -0.4 is 4.90 Å². The molecule has 8 aromatic rings. The normalized spacial score (nSPS) is 11.6. The van der Waals surface area contributed by atoms with Gasteiger partial charge in [-0.25, -0.2) is 0 Å². The summed E-state index contributed by atoms with van der Waals surface area (Å²) >= 11 is 0. The molecule has 0 atom stereocenters. The Hall–Kier alpha value is -6.77. The van der Waals surface area contributed by atoms with Gasteiger partial charge in [0.15, 0.2) is 5.78 Å². The first-order valence-corrected chi connectivity index (χ1v) is 20.5. The number of para-hydroxylation sites is 1. The molecule has 0 aliphatic carbocycles. The van der Waals surface area contributed by atoms with Crippen molar-refractivity contribution in [3.05, 3.63) is 222 Å². The summed E-state index contributed by atoms with van der Waals surface area (Å²) in [4.78, 5) is 16.9.